The molecule has 5 nitrogen and oxygen atoms in total. The fourth-order valence-corrected chi connectivity index (χ4v) is 2.79. The van der Waals surface area contributed by atoms with E-state index >= 15 is 0 Å². The first-order chi connectivity index (χ1) is 10.7. The molecule has 2 atom stereocenters. The van der Waals surface area contributed by atoms with Gasteiger partial charge in [0.25, 0.3) is 0 Å². The Morgan fingerprint density at radius 1 is 1.26 bits per heavy atom. The normalized spacial score (nSPS) is 20.7. The first kappa shape index (κ1) is 17.1. The smallest absolute Gasteiger partial charge is 0.471 e. The minimum atomic E-state index is -5.03. The molecule has 0 heterocycles. The van der Waals surface area contributed by atoms with E-state index in [1.165, 1.54) is 26.4 Å². The van der Waals surface area contributed by atoms with Crippen LogP contribution in [0.25, 0.3) is 0 Å². The first-order valence-corrected chi connectivity index (χ1v) is 6.87. The van der Waals surface area contributed by atoms with Crippen molar-refractivity contribution in [2.24, 2.45) is 0 Å². The summed E-state index contributed by atoms with van der Waals surface area (Å²) in [5, 5.41) is 1.76. The molecule has 0 aromatic heterocycles. The van der Waals surface area contributed by atoms with Crippen LogP contribution < -0.4 is 14.8 Å². The molecule has 1 N–H and O–H groups in total. The van der Waals surface area contributed by atoms with E-state index in [-0.39, 0.29) is 17.9 Å². The van der Waals surface area contributed by atoms with Gasteiger partial charge in [0.2, 0.25) is 0 Å². The second kappa shape index (κ2) is 6.10. The number of amides is 1. The highest BCUT2D eigenvalue weighted by atomic mass is 19.4. The van der Waals surface area contributed by atoms with Crippen molar-refractivity contribution in [1.29, 1.82) is 0 Å². The van der Waals surface area contributed by atoms with Crippen LogP contribution in [-0.4, -0.2) is 38.1 Å². The van der Waals surface area contributed by atoms with Gasteiger partial charge in [-0.2, -0.15) is 13.2 Å². The molecule has 8 heteroatoms. The third-order valence-electron chi connectivity index (χ3n) is 3.81. The van der Waals surface area contributed by atoms with E-state index < -0.39 is 23.9 Å². The lowest BCUT2D eigenvalue weighted by Crippen LogP contribution is -2.49. The number of hydrogen-bond donors (Lipinski definition) is 1. The molecule has 126 valence electrons. The largest absolute Gasteiger partial charge is 0.493 e. The van der Waals surface area contributed by atoms with Gasteiger partial charge in [-0.15, -0.1) is 0 Å². The minimum absolute atomic E-state index is 0.0528. The van der Waals surface area contributed by atoms with Gasteiger partial charge >= 0.3 is 12.1 Å². The number of alkyl halides is 3. The number of carbonyl (C=O) groups excluding carboxylic acids is 2. The minimum Gasteiger partial charge on any atom is -0.493 e. The Labute approximate surface area is 130 Å². The van der Waals surface area contributed by atoms with Gasteiger partial charge in [0.05, 0.1) is 20.3 Å². The molecule has 1 aliphatic rings. The maximum Gasteiger partial charge on any atom is 0.471 e. The molecule has 2 unspecified atom stereocenters. The number of hydrogen-bond acceptors (Lipinski definition) is 4. The van der Waals surface area contributed by atoms with E-state index in [1.807, 2.05) is 0 Å². The lowest BCUT2D eigenvalue weighted by atomic mass is 9.79. The number of nitrogens with one attached hydrogen (secondary N) is 1. The average molecular weight is 331 g/mol. The Bertz CT molecular complexity index is 642. The Balaban J connectivity index is 2.39. The lowest BCUT2D eigenvalue weighted by molar-refractivity contribution is -0.174. The van der Waals surface area contributed by atoms with Gasteiger partial charge in [0.1, 0.15) is 0 Å². The summed E-state index contributed by atoms with van der Waals surface area (Å²) in [5.74, 6) is -2.16. The number of methoxy groups -OCH3 is 2. The van der Waals surface area contributed by atoms with Gasteiger partial charge in [-0.25, -0.2) is 0 Å². The molecule has 0 saturated carbocycles. The van der Waals surface area contributed by atoms with Gasteiger partial charge in [-0.1, -0.05) is 6.92 Å². The summed E-state index contributed by atoms with van der Waals surface area (Å²) in [6.07, 6.45) is -4.97. The molecule has 0 saturated heterocycles. The van der Waals surface area contributed by atoms with Crippen LogP contribution >= 0.6 is 0 Å². The number of ether oxygens (including phenoxy) is 2. The third-order valence-corrected chi connectivity index (χ3v) is 3.81. The molecule has 0 radical (unpaired) electrons. The maximum atomic E-state index is 12.4. The highest BCUT2D eigenvalue weighted by Crippen LogP contribution is 2.43. The van der Waals surface area contributed by atoms with E-state index in [1.54, 1.807) is 12.2 Å². The molecule has 0 fully saturated rings. The zero-order chi connectivity index (χ0) is 17.4. The van der Waals surface area contributed by atoms with Crippen LogP contribution in [0.2, 0.25) is 0 Å². The molecule has 0 aliphatic heterocycles. The fraction of sp³-hybridized carbons (Fsp3) is 0.467. The summed E-state index contributed by atoms with van der Waals surface area (Å²) in [6.45, 7) is 1.75. The SMILES string of the molecule is COc1ccc2c(c1OC)C(C)CC(NC(=O)C(F)(F)F)C2=O. The molecule has 1 aromatic carbocycles. The number of fused-ring (bicyclic) bond motifs is 1. The number of carbonyl (C=O) groups is 2. The van der Waals surface area contributed by atoms with Crippen molar-refractivity contribution in [2.75, 3.05) is 14.2 Å². The summed E-state index contributed by atoms with van der Waals surface area (Å²) >= 11 is 0. The second-order valence-electron chi connectivity index (χ2n) is 5.29. The molecule has 2 rings (SSSR count). The Morgan fingerprint density at radius 2 is 1.91 bits per heavy atom. The van der Waals surface area contributed by atoms with Gasteiger partial charge in [-0.05, 0) is 24.5 Å². The van der Waals surface area contributed by atoms with Gasteiger partial charge in [0.15, 0.2) is 17.3 Å². The molecule has 1 aromatic rings. The van der Waals surface area contributed by atoms with Crippen LogP contribution in [0.5, 0.6) is 11.5 Å². The zero-order valence-electron chi connectivity index (χ0n) is 12.8. The molecule has 0 bridgehead atoms. The van der Waals surface area contributed by atoms with Crippen LogP contribution in [0.3, 0.4) is 0 Å². The Hall–Kier alpha value is -2.25. The lowest BCUT2D eigenvalue weighted by Gasteiger charge is -2.30. The number of Topliss-reactive ketones (excluding diaryl/α,β-unsaturated/α-hetero) is 1. The van der Waals surface area contributed by atoms with E-state index in [0.29, 0.717) is 17.1 Å². The molecule has 0 spiro atoms. The van der Waals surface area contributed by atoms with Crippen molar-refractivity contribution in [2.45, 2.75) is 31.5 Å². The van der Waals surface area contributed by atoms with Crippen molar-refractivity contribution < 1.29 is 32.2 Å². The molecule has 1 aliphatic carbocycles. The zero-order valence-corrected chi connectivity index (χ0v) is 12.8. The predicted octanol–water partition coefficient (Wildman–Crippen LogP) is 2.44. The van der Waals surface area contributed by atoms with Crippen molar-refractivity contribution in [3.05, 3.63) is 23.3 Å². The van der Waals surface area contributed by atoms with Crippen molar-refractivity contribution in [3.63, 3.8) is 0 Å². The number of halogens is 3. The van der Waals surface area contributed by atoms with E-state index in [0.717, 1.165) is 0 Å². The van der Waals surface area contributed by atoms with Crippen LogP contribution in [-0.2, 0) is 4.79 Å². The fourth-order valence-electron chi connectivity index (χ4n) is 2.79. The summed E-state index contributed by atoms with van der Waals surface area (Å²) in [6, 6.07) is 1.77. The van der Waals surface area contributed by atoms with Crippen LogP contribution in [0.15, 0.2) is 12.1 Å². The van der Waals surface area contributed by atoms with Crippen molar-refractivity contribution >= 4 is 11.7 Å². The van der Waals surface area contributed by atoms with E-state index in [9.17, 15) is 22.8 Å². The monoisotopic (exact) mass is 331 g/mol. The molecular weight excluding hydrogens is 315 g/mol. The summed E-state index contributed by atoms with van der Waals surface area (Å²) in [7, 11) is 2.87. The van der Waals surface area contributed by atoms with Crippen molar-refractivity contribution in [1.82, 2.24) is 5.32 Å². The Morgan fingerprint density at radius 3 is 2.43 bits per heavy atom. The van der Waals surface area contributed by atoms with E-state index in [4.69, 9.17) is 9.47 Å². The van der Waals surface area contributed by atoms with Crippen LogP contribution in [0.1, 0.15) is 35.2 Å². The van der Waals surface area contributed by atoms with Crippen molar-refractivity contribution in [3.8, 4) is 11.5 Å². The predicted molar refractivity (Wildman–Crippen MR) is 74.9 cm³/mol. The molecular formula is C15H16F3NO4. The molecule has 1 amide bonds. The number of rotatable bonds is 3. The Kier molecular flexibility index (Phi) is 4.53. The standard InChI is InChI=1S/C15H16F3NO4/c1-7-6-9(19-14(21)15(16,17)18)12(20)8-4-5-10(22-2)13(23-3)11(7)8/h4-5,7,9H,6H2,1-3H3,(H,19,21). The van der Waals surface area contributed by atoms with Gasteiger partial charge in [0, 0.05) is 11.1 Å². The second-order valence-corrected chi connectivity index (χ2v) is 5.29. The average Bonchev–Trinajstić information content (AvgIpc) is 2.49. The van der Waals surface area contributed by atoms with Gasteiger partial charge in [-0.3, -0.25) is 9.59 Å². The van der Waals surface area contributed by atoms with Crippen LogP contribution in [0, 0.1) is 0 Å². The summed E-state index contributed by atoms with van der Waals surface area (Å²) in [5.41, 5.74) is 0.809. The quantitative estimate of drug-likeness (QED) is 0.924. The first-order valence-electron chi connectivity index (χ1n) is 6.87. The maximum absolute atomic E-state index is 12.4. The van der Waals surface area contributed by atoms with Gasteiger partial charge < -0.3 is 14.8 Å². The topological polar surface area (TPSA) is 64.6 Å². The summed E-state index contributed by atoms with van der Waals surface area (Å²) < 4.78 is 47.6. The number of ketones is 1. The highest BCUT2D eigenvalue weighted by molar-refractivity contribution is 6.05. The van der Waals surface area contributed by atoms with E-state index in [2.05, 4.69) is 0 Å². The summed E-state index contributed by atoms with van der Waals surface area (Å²) in [4.78, 5) is 23.5. The van der Waals surface area contributed by atoms with Crippen LogP contribution in [0.4, 0.5) is 13.2 Å². The number of benzene rings is 1. The highest BCUT2D eigenvalue weighted by Gasteiger charge is 2.43. The molecule has 23 heavy (non-hydrogen) atoms. The third kappa shape index (κ3) is 3.11.